The molecule has 2 rings (SSSR count). The van der Waals surface area contributed by atoms with Crippen molar-refractivity contribution in [2.45, 2.75) is 9.79 Å². The number of sulfone groups is 1. The van der Waals surface area contributed by atoms with E-state index >= 15 is 0 Å². The number of para-hydroxylation sites is 1. The van der Waals surface area contributed by atoms with Crippen molar-refractivity contribution in [3.05, 3.63) is 54.6 Å². The Bertz CT molecular complexity index is 792. The molecule has 0 aromatic heterocycles. The van der Waals surface area contributed by atoms with Crippen molar-refractivity contribution in [3.8, 4) is 5.75 Å². The quantitative estimate of drug-likeness (QED) is 0.805. The van der Waals surface area contributed by atoms with Gasteiger partial charge >= 0.3 is 10.1 Å². The molecule has 0 atom stereocenters. The topological polar surface area (TPSA) is 77.5 Å². The van der Waals surface area contributed by atoms with Gasteiger partial charge in [0.05, 0.1) is 4.90 Å². The molecule has 0 unspecified atom stereocenters. The lowest BCUT2D eigenvalue weighted by Gasteiger charge is -2.07. The van der Waals surface area contributed by atoms with Crippen molar-refractivity contribution >= 4 is 20.0 Å². The van der Waals surface area contributed by atoms with E-state index in [0.29, 0.717) is 0 Å². The van der Waals surface area contributed by atoms with E-state index in [2.05, 4.69) is 0 Å². The van der Waals surface area contributed by atoms with Gasteiger partial charge in [0, 0.05) is 6.26 Å². The van der Waals surface area contributed by atoms with Crippen LogP contribution in [0.15, 0.2) is 64.4 Å². The van der Waals surface area contributed by atoms with Crippen molar-refractivity contribution in [2.24, 2.45) is 0 Å². The standard InChI is InChI=1S/C13H12O5S2/c1-19(14,15)12-7-9-13(10-8-12)20(16,17)18-11-5-3-2-4-6-11/h2-10H,1H3. The van der Waals surface area contributed by atoms with Crippen molar-refractivity contribution < 1.29 is 21.0 Å². The molecule has 0 fully saturated rings. The van der Waals surface area contributed by atoms with Crippen LogP contribution in [-0.2, 0) is 20.0 Å². The third kappa shape index (κ3) is 3.37. The third-order valence-electron chi connectivity index (χ3n) is 2.49. The normalized spacial score (nSPS) is 12.1. The van der Waals surface area contributed by atoms with E-state index in [1.807, 2.05) is 0 Å². The van der Waals surface area contributed by atoms with Crippen molar-refractivity contribution in [3.63, 3.8) is 0 Å². The molecule has 0 spiro atoms. The number of rotatable bonds is 4. The lowest BCUT2D eigenvalue weighted by atomic mass is 10.3. The molecule has 0 saturated carbocycles. The zero-order valence-electron chi connectivity index (χ0n) is 10.6. The van der Waals surface area contributed by atoms with Gasteiger partial charge in [-0.3, -0.25) is 0 Å². The molecule has 2 aromatic rings. The Morgan fingerprint density at radius 1 is 0.750 bits per heavy atom. The molecule has 0 N–H and O–H groups in total. The van der Waals surface area contributed by atoms with Crippen LogP contribution in [0.5, 0.6) is 5.75 Å². The average molecular weight is 312 g/mol. The van der Waals surface area contributed by atoms with Gasteiger partial charge < -0.3 is 4.18 Å². The van der Waals surface area contributed by atoms with E-state index in [1.54, 1.807) is 18.2 Å². The molecule has 0 aliphatic carbocycles. The third-order valence-corrected chi connectivity index (χ3v) is 4.88. The predicted octanol–water partition coefficient (Wildman–Crippen LogP) is 1.86. The zero-order chi connectivity index (χ0) is 14.8. The number of hydrogen-bond acceptors (Lipinski definition) is 5. The maximum Gasteiger partial charge on any atom is 0.339 e. The second-order valence-corrected chi connectivity index (χ2v) is 7.66. The molecule has 20 heavy (non-hydrogen) atoms. The summed E-state index contributed by atoms with van der Waals surface area (Å²) in [6, 6.07) is 12.9. The molecule has 0 bridgehead atoms. The molecular formula is C13H12O5S2. The maximum absolute atomic E-state index is 12.0. The van der Waals surface area contributed by atoms with Crippen LogP contribution < -0.4 is 4.18 Å². The molecule has 0 heterocycles. The molecule has 0 saturated heterocycles. The summed E-state index contributed by atoms with van der Waals surface area (Å²) < 4.78 is 51.5. The van der Waals surface area contributed by atoms with E-state index in [4.69, 9.17) is 4.18 Å². The summed E-state index contributed by atoms with van der Waals surface area (Å²) in [5, 5.41) is 0. The SMILES string of the molecule is CS(=O)(=O)c1ccc(S(=O)(=O)Oc2ccccc2)cc1. The molecule has 0 amide bonds. The summed E-state index contributed by atoms with van der Waals surface area (Å²) in [6.45, 7) is 0. The molecule has 2 aromatic carbocycles. The highest BCUT2D eigenvalue weighted by Crippen LogP contribution is 2.19. The fourth-order valence-corrected chi connectivity index (χ4v) is 3.06. The van der Waals surface area contributed by atoms with E-state index < -0.39 is 20.0 Å². The second-order valence-electron chi connectivity index (χ2n) is 4.09. The van der Waals surface area contributed by atoms with Crippen LogP contribution in [0.4, 0.5) is 0 Å². The Morgan fingerprint density at radius 3 is 1.75 bits per heavy atom. The average Bonchev–Trinajstić information content (AvgIpc) is 2.38. The number of benzene rings is 2. The van der Waals surface area contributed by atoms with Crippen LogP contribution in [-0.4, -0.2) is 23.1 Å². The van der Waals surface area contributed by atoms with Crippen LogP contribution in [0.25, 0.3) is 0 Å². The Labute approximate surface area is 117 Å². The molecule has 0 radical (unpaired) electrons. The van der Waals surface area contributed by atoms with Gasteiger partial charge in [-0.25, -0.2) is 8.42 Å². The molecular weight excluding hydrogens is 300 g/mol. The summed E-state index contributed by atoms with van der Waals surface area (Å²) in [5.41, 5.74) is 0. The summed E-state index contributed by atoms with van der Waals surface area (Å²) >= 11 is 0. The number of hydrogen-bond donors (Lipinski definition) is 0. The minimum atomic E-state index is -3.97. The molecule has 7 heteroatoms. The monoisotopic (exact) mass is 312 g/mol. The predicted molar refractivity (Wildman–Crippen MR) is 73.8 cm³/mol. The largest absolute Gasteiger partial charge is 0.379 e. The van der Waals surface area contributed by atoms with Crippen molar-refractivity contribution in [1.82, 2.24) is 0 Å². The fourth-order valence-electron chi connectivity index (χ4n) is 1.50. The van der Waals surface area contributed by atoms with Gasteiger partial charge in [-0.15, -0.1) is 0 Å². The second kappa shape index (κ2) is 5.26. The first-order valence-electron chi connectivity index (χ1n) is 5.59. The summed E-state index contributed by atoms with van der Waals surface area (Å²) in [5.74, 6) is 0.194. The lowest BCUT2D eigenvalue weighted by molar-refractivity contribution is 0.486. The lowest BCUT2D eigenvalue weighted by Crippen LogP contribution is -2.10. The van der Waals surface area contributed by atoms with Crippen LogP contribution in [0.3, 0.4) is 0 Å². The van der Waals surface area contributed by atoms with Crippen molar-refractivity contribution in [2.75, 3.05) is 6.26 Å². The summed E-state index contributed by atoms with van der Waals surface area (Å²) in [6.07, 6.45) is 1.05. The van der Waals surface area contributed by atoms with E-state index in [-0.39, 0.29) is 15.5 Å². The molecule has 5 nitrogen and oxygen atoms in total. The van der Waals surface area contributed by atoms with Gasteiger partial charge in [0.15, 0.2) is 9.84 Å². The van der Waals surface area contributed by atoms with Gasteiger partial charge in [0.25, 0.3) is 0 Å². The minimum absolute atomic E-state index is 0.0520. The van der Waals surface area contributed by atoms with Gasteiger partial charge in [-0.05, 0) is 36.4 Å². The van der Waals surface area contributed by atoms with Gasteiger partial charge in [0.1, 0.15) is 10.6 Å². The summed E-state index contributed by atoms with van der Waals surface area (Å²) in [7, 11) is -7.33. The molecule has 106 valence electrons. The smallest absolute Gasteiger partial charge is 0.339 e. The first-order chi connectivity index (χ1) is 9.29. The van der Waals surface area contributed by atoms with Crippen LogP contribution in [0, 0.1) is 0 Å². The summed E-state index contributed by atoms with van der Waals surface area (Å²) in [4.78, 5) is -0.0510. The Balaban J connectivity index is 2.31. The van der Waals surface area contributed by atoms with Gasteiger partial charge in [-0.1, -0.05) is 18.2 Å². The van der Waals surface area contributed by atoms with E-state index in [9.17, 15) is 16.8 Å². The van der Waals surface area contributed by atoms with Crippen LogP contribution >= 0.6 is 0 Å². The molecule has 0 aliphatic rings. The maximum atomic E-state index is 12.0. The Hall–Kier alpha value is -1.86. The Morgan fingerprint density at radius 2 is 1.25 bits per heavy atom. The minimum Gasteiger partial charge on any atom is -0.379 e. The highest BCUT2D eigenvalue weighted by atomic mass is 32.2. The van der Waals surface area contributed by atoms with Crippen molar-refractivity contribution in [1.29, 1.82) is 0 Å². The zero-order valence-corrected chi connectivity index (χ0v) is 12.2. The van der Waals surface area contributed by atoms with E-state index in [1.165, 1.54) is 36.4 Å². The first-order valence-corrected chi connectivity index (χ1v) is 8.89. The highest BCUT2D eigenvalue weighted by molar-refractivity contribution is 7.90. The van der Waals surface area contributed by atoms with Crippen LogP contribution in [0.1, 0.15) is 0 Å². The fraction of sp³-hybridized carbons (Fsp3) is 0.0769. The van der Waals surface area contributed by atoms with Gasteiger partial charge in [0.2, 0.25) is 0 Å². The van der Waals surface area contributed by atoms with Crippen LogP contribution in [0.2, 0.25) is 0 Å². The Kier molecular flexibility index (Phi) is 3.82. The highest BCUT2D eigenvalue weighted by Gasteiger charge is 2.17. The van der Waals surface area contributed by atoms with Gasteiger partial charge in [-0.2, -0.15) is 8.42 Å². The first kappa shape index (κ1) is 14.5. The molecule has 0 aliphatic heterocycles. The van der Waals surface area contributed by atoms with E-state index in [0.717, 1.165) is 6.26 Å².